The third-order valence-corrected chi connectivity index (χ3v) is 6.51. The number of aliphatic hydroxyl groups excluding tert-OH is 1. The van der Waals surface area contributed by atoms with Gasteiger partial charge in [-0.15, -0.1) is 0 Å². The topological polar surface area (TPSA) is 72.8 Å². The van der Waals surface area contributed by atoms with Crippen LogP contribution >= 0.6 is 0 Å². The molecule has 0 radical (unpaired) electrons. The molecule has 0 aliphatic rings. The summed E-state index contributed by atoms with van der Waals surface area (Å²) in [7, 11) is 0. The second-order valence-electron chi connectivity index (χ2n) is 10.7. The molecule has 0 saturated carbocycles. The van der Waals surface area contributed by atoms with Crippen molar-refractivity contribution in [2.45, 2.75) is 110 Å². The Balaban J connectivity index is 3.82. The summed E-state index contributed by atoms with van der Waals surface area (Å²) >= 11 is 0. The van der Waals surface area contributed by atoms with Gasteiger partial charge in [0.1, 0.15) is 6.61 Å². The lowest BCUT2D eigenvalue weighted by atomic mass is 10.1. The van der Waals surface area contributed by atoms with Gasteiger partial charge in [0.2, 0.25) is 0 Å². The molecule has 0 aromatic carbocycles. The van der Waals surface area contributed by atoms with Crippen molar-refractivity contribution in [1.29, 1.82) is 0 Å². The zero-order valence-electron chi connectivity index (χ0n) is 28.5. The predicted molar refractivity (Wildman–Crippen MR) is 195 cm³/mol. The molecule has 0 aliphatic carbocycles. The Morgan fingerprint density at radius 2 is 0.870 bits per heavy atom. The molecule has 254 valence electrons. The van der Waals surface area contributed by atoms with E-state index in [-0.39, 0.29) is 31.6 Å². The van der Waals surface area contributed by atoms with Crippen molar-refractivity contribution in [3.8, 4) is 0 Å². The number of rotatable bonds is 28. The number of aliphatic hydroxyl groups is 1. The first kappa shape index (κ1) is 42.3. The Kier molecular flexibility index (Phi) is 32.9. The number of unbranched alkanes of at least 4 members (excludes halogenated alkanes) is 8. The SMILES string of the molecule is CC/C=C/C=C/C=C/C=C/C=C/C=C/C=C/CCCCCC(=O)OC(CO)COC(=O)CCCCCCC/C=C/C=C/C=C/CC. The van der Waals surface area contributed by atoms with E-state index in [0.29, 0.717) is 6.42 Å². The van der Waals surface area contributed by atoms with Gasteiger partial charge >= 0.3 is 11.9 Å². The Bertz CT molecular complexity index is 1030. The summed E-state index contributed by atoms with van der Waals surface area (Å²) < 4.78 is 10.5. The highest BCUT2D eigenvalue weighted by Crippen LogP contribution is 2.10. The van der Waals surface area contributed by atoms with Crippen LogP contribution in [0.5, 0.6) is 0 Å². The van der Waals surface area contributed by atoms with E-state index in [9.17, 15) is 14.7 Å². The third-order valence-electron chi connectivity index (χ3n) is 6.51. The largest absolute Gasteiger partial charge is 0.462 e. The van der Waals surface area contributed by atoms with E-state index in [2.05, 4.69) is 50.3 Å². The van der Waals surface area contributed by atoms with Gasteiger partial charge < -0.3 is 14.6 Å². The lowest BCUT2D eigenvalue weighted by Gasteiger charge is -2.15. The predicted octanol–water partition coefficient (Wildman–Crippen LogP) is 10.5. The Morgan fingerprint density at radius 3 is 1.33 bits per heavy atom. The van der Waals surface area contributed by atoms with Crippen LogP contribution in [-0.2, 0) is 19.1 Å². The highest BCUT2D eigenvalue weighted by atomic mass is 16.6. The van der Waals surface area contributed by atoms with Gasteiger partial charge in [0.05, 0.1) is 6.61 Å². The van der Waals surface area contributed by atoms with Gasteiger partial charge in [0.25, 0.3) is 0 Å². The summed E-state index contributed by atoms with van der Waals surface area (Å²) in [6.45, 7) is 3.76. The molecule has 0 amide bonds. The van der Waals surface area contributed by atoms with Crippen LogP contribution in [0.25, 0.3) is 0 Å². The zero-order chi connectivity index (χ0) is 33.6. The molecule has 0 rings (SSSR count). The van der Waals surface area contributed by atoms with Crippen LogP contribution in [0, 0.1) is 0 Å². The van der Waals surface area contributed by atoms with Crippen LogP contribution in [0.1, 0.15) is 104 Å². The molecule has 0 heterocycles. The van der Waals surface area contributed by atoms with E-state index < -0.39 is 6.10 Å². The number of ether oxygens (including phenoxy) is 2. The molecular formula is C41H60O5. The molecule has 0 spiro atoms. The van der Waals surface area contributed by atoms with Crippen molar-refractivity contribution < 1.29 is 24.2 Å². The van der Waals surface area contributed by atoms with Crippen LogP contribution in [0.15, 0.2) is 122 Å². The van der Waals surface area contributed by atoms with E-state index in [4.69, 9.17) is 9.47 Å². The van der Waals surface area contributed by atoms with Gasteiger partial charge in [0, 0.05) is 12.8 Å². The molecule has 46 heavy (non-hydrogen) atoms. The van der Waals surface area contributed by atoms with E-state index in [0.717, 1.165) is 77.0 Å². The first-order valence-corrected chi connectivity index (χ1v) is 17.2. The monoisotopic (exact) mass is 632 g/mol. The normalized spacial score (nSPS) is 13.7. The van der Waals surface area contributed by atoms with E-state index in [1.54, 1.807) is 0 Å². The number of esters is 2. The van der Waals surface area contributed by atoms with E-state index in [1.165, 1.54) is 0 Å². The maximum absolute atomic E-state index is 12.1. The average molecular weight is 633 g/mol. The van der Waals surface area contributed by atoms with Crippen LogP contribution in [0.3, 0.4) is 0 Å². The number of hydrogen-bond acceptors (Lipinski definition) is 5. The van der Waals surface area contributed by atoms with E-state index in [1.807, 2.05) is 85.1 Å². The molecule has 0 saturated heterocycles. The van der Waals surface area contributed by atoms with Crippen LogP contribution < -0.4 is 0 Å². The number of allylic oxidation sites excluding steroid dienone is 20. The summed E-state index contributed by atoms with van der Waals surface area (Å²) in [5, 5.41) is 9.51. The van der Waals surface area contributed by atoms with Crippen molar-refractivity contribution in [2.75, 3.05) is 13.2 Å². The number of carbonyl (C=O) groups excluding carboxylic acids is 2. The minimum absolute atomic E-state index is 0.105. The highest BCUT2D eigenvalue weighted by Gasteiger charge is 2.16. The maximum Gasteiger partial charge on any atom is 0.306 e. The first-order valence-electron chi connectivity index (χ1n) is 17.2. The standard InChI is InChI=1S/C41H60O5/c1-3-5-7-9-11-13-15-17-18-19-20-21-22-24-26-28-30-32-34-36-41(44)46-39(37-42)38-45-40(43)35-33-31-29-27-25-23-16-14-12-10-8-6-4-2/h5-22,24,26,39,42H,3-4,23,25,27-38H2,1-2H3/b7-5+,8-6+,11-9+,12-10+,15-13+,16-14+,18-17+,20-19+,22-21+,26-24+. The van der Waals surface area contributed by atoms with Crippen LogP contribution in [0.4, 0.5) is 0 Å². The molecule has 0 fully saturated rings. The van der Waals surface area contributed by atoms with E-state index >= 15 is 0 Å². The molecule has 0 bridgehead atoms. The van der Waals surface area contributed by atoms with Crippen LogP contribution in [0.2, 0.25) is 0 Å². The molecule has 5 nitrogen and oxygen atoms in total. The Labute approximate surface area is 280 Å². The maximum atomic E-state index is 12.1. The molecule has 0 aromatic heterocycles. The molecule has 0 aliphatic heterocycles. The molecule has 1 atom stereocenters. The van der Waals surface area contributed by atoms with Gasteiger partial charge in [-0.1, -0.05) is 161 Å². The van der Waals surface area contributed by atoms with Crippen molar-refractivity contribution in [3.05, 3.63) is 122 Å². The summed E-state index contributed by atoms with van der Waals surface area (Å²) in [4.78, 5) is 24.1. The molecule has 1 unspecified atom stereocenters. The second kappa shape index (κ2) is 35.8. The zero-order valence-corrected chi connectivity index (χ0v) is 28.5. The molecular weight excluding hydrogens is 572 g/mol. The van der Waals surface area contributed by atoms with Crippen molar-refractivity contribution in [2.24, 2.45) is 0 Å². The fourth-order valence-electron chi connectivity index (χ4n) is 3.95. The highest BCUT2D eigenvalue weighted by molar-refractivity contribution is 5.70. The summed E-state index contributed by atoms with van der Waals surface area (Å²) in [5.41, 5.74) is 0. The lowest BCUT2D eigenvalue weighted by Crippen LogP contribution is -2.28. The van der Waals surface area contributed by atoms with Gasteiger partial charge in [0.15, 0.2) is 6.10 Å². The summed E-state index contributed by atoms with van der Waals surface area (Å²) in [5.74, 6) is -0.686. The lowest BCUT2D eigenvalue weighted by molar-refractivity contribution is -0.161. The molecule has 0 aromatic rings. The number of hydrogen-bond donors (Lipinski definition) is 1. The van der Waals surface area contributed by atoms with Crippen LogP contribution in [-0.4, -0.2) is 36.4 Å². The Hall–Kier alpha value is -3.70. The van der Waals surface area contributed by atoms with Gasteiger partial charge in [-0.25, -0.2) is 0 Å². The van der Waals surface area contributed by atoms with Gasteiger partial charge in [-0.2, -0.15) is 0 Å². The summed E-state index contributed by atoms with van der Waals surface area (Å²) in [6, 6.07) is 0. The minimum atomic E-state index is -0.812. The fraction of sp³-hybridized carbons (Fsp3) is 0.463. The van der Waals surface area contributed by atoms with Crippen molar-refractivity contribution in [1.82, 2.24) is 0 Å². The smallest absolute Gasteiger partial charge is 0.306 e. The van der Waals surface area contributed by atoms with Crippen molar-refractivity contribution in [3.63, 3.8) is 0 Å². The average Bonchev–Trinajstić information content (AvgIpc) is 3.06. The van der Waals surface area contributed by atoms with Crippen molar-refractivity contribution >= 4 is 11.9 Å². The Morgan fingerprint density at radius 1 is 0.500 bits per heavy atom. The van der Waals surface area contributed by atoms with Gasteiger partial charge in [-0.3, -0.25) is 9.59 Å². The quantitative estimate of drug-likeness (QED) is 0.0528. The minimum Gasteiger partial charge on any atom is -0.462 e. The second-order valence-corrected chi connectivity index (χ2v) is 10.7. The first-order chi connectivity index (χ1) is 22.6. The summed E-state index contributed by atoms with van der Waals surface area (Å²) in [6.07, 6.45) is 52.4. The fourth-order valence-corrected chi connectivity index (χ4v) is 3.95. The molecule has 5 heteroatoms. The third kappa shape index (κ3) is 33.2. The van der Waals surface area contributed by atoms with Gasteiger partial charge in [-0.05, 0) is 51.4 Å². The number of carbonyl (C=O) groups is 2. The molecule has 1 N–H and O–H groups in total.